The normalized spacial score (nSPS) is 18.2. The van der Waals surface area contributed by atoms with Gasteiger partial charge < -0.3 is 10.1 Å². The van der Waals surface area contributed by atoms with Crippen LogP contribution in [-0.4, -0.2) is 33.6 Å². The molecule has 2 unspecified atom stereocenters. The number of amides is 1. The molecular formula is C20H24N2O4S. The molecule has 27 heavy (non-hydrogen) atoms. The molecule has 7 heteroatoms. The second-order valence-electron chi connectivity index (χ2n) is 6.63. The number of hydrogen-bond donors (Lipinski definition) is 2. The van der Waals surface area contributed by atoms with E-state index in [1.54, 1.807) is 19.1 Å². The Morgan fingerprint density at radius 3 is 2.67 bits per heavy atom. The van der Waals surface area contributed by atoms with Crippen LogP contribution in [0.3, 0.4) is 0 Å². The Bertz CT molecular complexity index is 878. The van der Waals surface area contributed by atoms with Crippen LogP contribution in [0.15, 0.2) is 59.5 Å². The maximum Gasteiger partial charge on any atom is 0.251 e. The van der Waals surface area contributed by atoms with Crippen LogP contribution in [0.5, 0.6) is 0 Å². The molecule has 1 saturated heterocycles. The largest absolute Gasteiger partial charge is 0.376 e. The van der Waals surface area contributed by atoms with Crippen molar-refractivity contribution in [1.29, 1.82) is 0 Å². The standard InChI is InChI=1S/C20H24N2O4S/c1-15(16-7-3-2-4-8-16)22-27(24,25)19-11-5-9-17(13-19)20(23)21-14-18-10-6-12-26-18/h2-5,7-9,11,13,15,18,22H,6,10,12,14H2,1H3,(H,21,23). The Hall–Kier alpha value is -2.22. The van der Waals surface area contributed by atoms with E-state index in [1.165, 1.54) is 12.1 Å². The topological polar surface area (TPSA) is 84.5 Å². The molecule has 0 saturated carbocycles. The van der Waals surface area contributed by atoms with Gasteiger partial charge in [0, 0.05) is 24.8 Å². The van der Waals surface area contributed by atoms with Crippen molar-refractivity contribution < 1.29 is 17.9 Å². The van der Waals surface area contributed by atoms with Crippen molar-refractivity contribution in [2.24, 2.45) is 0 Å². The number of nitrogens with one attached hydrogen (secondary N) is 2. The Labute approximate surface area is 160 Å². The molecule has 3 rings (SSSR count). The van der Waals surface area contributed by atoms with E-state index in [4.69, 9.17) is 4.74 Å². The van der Waals surface area contributed by atoms with Crippen LogP contribution in [-0.2, 0) is 14.8 Å². The Morgan fingerprint density at radius 1 is 1.19 bits per heavy atom. The first-order valence-corrected chi connectivity index (χ1v) is 10.5. The summed E-state index contributed by atoms with van der Waals surface area (Å²) in [6, 6.07) is 15.0. The highest BCUT2D eigenvalue weighted by Crippen LogP contribution is 2.18. The summed E-state index contributed by atoms with van der Waals surface area (Å²) in [5.74, 6) is -0.307. The minimum atomic E-state index is -3.75. The number of carbonyl (C=O) groups excluding carboxylic acids is 1. The van der Waals surface area contributed by atoms with E-state index in [1.807, 2.05) is 30.3 Å². The van der Waals surface area contributed by atoms with Gasteiger partial charge in [-0.3, -0.25) is 4.79 Å². The summed E-state index contributed by atoms with van der Waals surface area (Å²) in [5, 5.41) is 2.81. The molecule has 0 bridgehead atoms. The van der Waals surface area contributed by atoms with Crippen molar-refractivity contribution in [3.8, 4) is 0 Å². The van der Waals surface area contributed by atoms with E-state index in [-0.39, 0.29) is 22.9 Å². The summed E-state index contributed by atoms with van der Waals surface area (Å²) in [7, 11) is -3.75. The summed E-state index contributed by atoms with van der Waals surface area (Å²) >= 11 is 0. The van der Waals surface area contributed by atoms with E-state index in [2.05, 4.69) is 10.0 Å². The fourth-order valence-electron chi connectivity index (χ4n) is 3.03. The predicted molar refractivity (Wildman–Crippen MR) is 103 cm³/mol. The van der Waals surface area contributed by atoms with Gasteiger partial charge in [0.15, 0.2) is 0 Å². The van der Waals surface area contributed by atoms with Crippen LogP contribution in [0, 0.1) is 0 Å². The van der Waals surface area contributed by atoms with E-state index < -0.39 is 10.0 Å². The summed E-state index contributed by atoms with van der Waals surface area (Å²) in [6.07, 6.45) is 1.96. The van der Waals surface area contributed by atoms with Gasteiger partial charge in [-0.1, -0.05) is 36.4 Å². The molecule has 1 amide bonds. The number of sulfonamides is 1. The molecule has 1 heterocycles. The highest BCUT2D eigenvalue weighted by atomic mass is 32.2. The summed E-state index contributed by atoms with van der Waals surface area (Å²) in [6.45, 7) is 2.93. The highest BCUT2D eigenvalue weighted by Gasteiger charge is 2.21. The molecule has 144 valence electrons. The maximum atomic E-state index is 12.7. The average Bonchev–Trinajstić information content (AvgIpc) is 3.20. The molecule has 0 spiro atoms. The van der Waals surface area contributed by atoms with Crippen LogP contribution >= 0.6 is 0 Å². The van der Waals surface area contributed by atoms with Crippen molar-refractivity contribution in [2.45, 2.75) is 36.8 Å². The summed E-state index contributed by atoms with van der Waals surface area (Å²) in [5.41, 5.74) is 1.18. The number of ether oxygens (including phenoxy) is 1. The van der Waals surface area contributed by atoms with Crippen LogP contribution in [0.1, 0.15) is 41.7 Å². The Kier molecular flexibility index (Phi) is 6.26. The number of benzene rings is 2. The highest BCUT2D eigenvalue weighted by molar-refractivity contribution is 7.89. The molecule has 0 aromatic heterocycles. The fourth-order valence-corrected chi connectivity index (χ4v) is 4.31. The lowest BCUT2D eigenvalue weighted by atomic mass is 10.1. The molecule has 0 radical (unpaired) electrons. The maximum absolute atomic E-state index is 12.7. The molecule has 2 aromatic carbocycles. The number of hydrogen-bond acceptors (Lipinski definition) is 4. The van der Waals surface area contributed by atoms with Gasteiger partial charge in [-0.05, 0) is 43.5 Å². The third-order valence-corrected chi connectivity index (χ3v) is 6.09. The lowest BCUT2D eigenvalue weighted by Crippen LogP contribution is -2.32. The first kappa shape index (κ1) is 19.5. The molecule has 2 atom stereocenters. The van der Waals surface area contributed by atoms with Crippen molar-refractivity contribution >= 4 is 15.9 Å². The second kappa shape index (κ2) is 8.65. The molecule has 1 fully saturated rings. The van der Waals surface area contributed by atoms with Gasteiger partial charge in [-0.25, -0.2) is 13.1 Å². The quantitative estimate of drug-likeness (QED) is 0.764. The van der Waals surface area contributed by atoms with Crippen molar-refractivity contribution in [3.05, 3.63) is 65.7 Å². The van der Waals surface area contributed by atoms with Crippen LogP contribution in [0.2, 0.25) is 0 Å². The molecule has 1 aliphatic heterocycles. The number of carbonyl (C=O) groups is 1. The van der Waals surface area contributed by atoms with Gasteiger partial charge in [0.05, 0.1) is 11.0 Å². The minimum Gasteiger partial charge on any atom is -0.376 e. The van der Waals surface area contributed by atoms with Gasteiger partial charge in [0.2, 0.25) is 10.0 Å². The summed E-state index contributed by atoms with van der Waals surface area (Å²) < 4.78 is 33.5. The lowest BCUT2D eigenvalue weighted by molar-refractivity contribution is 0.0857. The zero-order valence-electron chi connectivity index (χ0n) is 15.2. The van der Waals surface area contributed by atoms with E-state index in [0.717, 1.165) is 25.0 Å². The van der Waals surface area contributed by atoms with Crippen LogP contribution < -0.4 is 10.0 Å². The third-order valence-electron chi connectivity index (χ3n) is 4.55. The SMILES string of the molecule is CC(NS(=O)(=O)c1cccc(C(=O)NCC2CCCO2)c1)c1ccccc1. The van der Waals surface area contributed by atoms with Crippen molar-refractivity contribution in [1.82, 2.24) is 10.0 Å². The molecule has 0 aliphatic carbocycles. The van der Waals surface area contributed by atoms with Crippen molar-refractivity contribution in [2.75, 3.05) is 13.2 Å². The van der Waals surface area contributed by atoms with Gasteiger partial charge in [0.25, 0.3) is 5.91 Å². The second-order valence-corrected chi connectivity index (χ2v) is 8.34. The molecule has 2 aromatic rings. The van der Waals surface area contributed by atoms with Crippen LogP contribution in [0.4, 0.5) is 0 Å². The van der Waals surface area contributed by atoms with E-state index >= 15 is 0 Å². The lowest BCUT2D eigenvalue weighted by Gasteiger charge is -2.15. The van der Waals surface area contributed by atoms with Gasteiger partial charge >= 0.3 is 0 Å². The number of rotatable bonds is 7. The Balaban J connectivity index is 1.68. The first-order chi connectivity index (χ1) is 13.0. The zero-order chi connectivity index (χ0) is 19.3. The molecule has 1 aliphatic rings. The molecule has 2 N–H and O–H groups in total. The van der Waals surface area contributed by atoms with Crippen LogP contribution in [0.25, 0.3) is 0 Å². The summed E-state index contributed by atoms with van der Waals surface area (Å²) in [4.78, 5) is 12.4. The van der Waals surface area contributed by atoms with Crippen molar-refractivity contribution in [3.63, 3.8) is 0 Å². The minimum absolute atomic E-state index is 0.0363. The zero-order valence-corrected chi connectivity index (χ0v) is 16.0. The third kappa shape index (κ3) is 5.15. The fraction of sp³-hybridized carbons (Fsp3) is 0.350. The Morgan fingerprint density at radius 2 is 1.96 bits per heavy atom. The molecular weight excluding hydrogens is 364 g/mol. The molecule has 6 nitrogen and oxygen atoms in total. The van der Waals surface area contributed by atoms with E-state index in [9.17, 15) is 13.2 Å². The van der Waals surface area contributed by atoms with Gasteiger partial charge in [-0.15, -0.1) is 0 Å². The average molecular weight is 388 g/mol. The first-order valence-electron chi connectivity index (χ1n) is 9.03. The van der Waals surface area contributed by atoms with E-state index in [0.29, 0.717) is 12.1 Å². The van der Waals surface area contributed by atoms with Gasteiger partial charge in [0.1, 0.15) is 0 Å². The monoisotopic (exact) mass is 388 g/mol. The predicted octanol–water partition coefficient (Wildman–Crippen LogP) is 2.63. The van der Waals surface area contributed by atoms with Gasteiger partial charge in [-0.2, -0.15) is 0 Å². The smallest absolute Gasteiger partial charge is 0.251 e.